The second kappa shape index (κ2) is 26.5. The molecule has 0 unspecified atom stereocenters. The molecular formula is C56H56N4OsP2+2. The molecule has 0 aliphatic carbocycles. The second-order valence-electron chi connectivity index (χ2n) is 16.3. The Morgan fingerprint density at radius 2 is 0.524 bits per heavy atom. The number of hydrogen-bond acceptors (Lipinski definition) is 4. The molecule has 63 heavy (non-hydrogen) atoms. The molecule has 2 heterocycles. The van der Waals surface area contributed by atoms with Crippen molar-refractivity contribution in [1.82, 2.24) is 9.97 Å². The van der Waals surface area contributed by atoms with Gasteiger partial charge in [0.05, 0.1) is 27.2 Å². The molecule has 7 heteroatoms. The predicted octanol–water partition coefficient (Wildman–Crippen LogP) is 11.3. The summed E-state index contributed by atoms with van der Waals surface area (Å²) < 4.78 is 0. The van der Waals surface area contributed by atoms with Crippen molar-refractivity contribution in [3.8, 4) is 11.4 Å². The van der Waals surface area contributed by atoms with Gasteiger partial charge in [-0.25, -0.2) is 0 Å². The van der Waals surface area contributed by atoms with Crippen molar-refractivity contribution in [3.63, 3.8) is 0 Å². The molecular weight excluding hydrogens is 981 g/mol. The third-order valence-corrected chi connectivity index (χ3v) is 15.4. The molecule has 0 aliphatic heterocycles. The van der Waals surface area contributed by atoms with E-state index in [-0.39, 0.29) is 30.6 Å². The van der Waals surface area contributed by atoms with Gasteiger partial charge >= 0.3 is 19.8 Å². The van der Waals surface area contributed by atoms with E-state index in [1.54, 1.807) is 0 Å². The zero-order chi connectivity index (χ0) is 44.8. The summed E-state index contributed by atoms with van der Waals surface area (Å²) in [5.41, 5.74) is 4.71. The normalized spacial score (nSPS) is 10.4. The number of nitrogens with zero attached hydrogens (tertiary/aromatic N) is 4. The maximum Gasteiger partial charge on any atom is 2.00 e. The van der Waals surface area contributed by atoms with E-state index in [0.717, 1.165) is 11.4 Å². The Labute approximate surface area is 392 Å². The average Bonchev–Trinajstić information content (AvgIpc) is 3.33. The fraction of sp³-hybridized carbons (Fsp3) is 0.143. The molecule has 0 amide bonds. The van der Waals surface area contributed by atoms with Crippen LogP contribution in [0.5, 0.6) is 0 Å². The van der Waals surface area contributed by atoms with Crippen LogP contribution < -0.4 is 31.8 Å². The van der Waals surface area contributed by atoms with Crippen LogP contribution in [0.3, 0.4) is 0 Å². The van der Waals surface area contributed by atoms with Gasteiger partial charge in [0.15, 0.2) is 0 Å². The van der Waals surface area contributed by atoms with E-state index in [1.165, 1.54) is 43.0 Å². The summed E-state index contributed by atoms with van der Waals surface area (Å²) in [6, 6.07) is 73.5. The molecule has 0 aliphatic rings. The summed E-state index contributed by atoms with van der Waals surface area (Å²) in [4.78, 5) is 8.97. The van der Waals surface area contributed by atoms with Crippen LogP contribution in [0, 0.1) is 23.7 Å². The first kappa shape index (κ1) is 51.4. The van der Waals surface area contributed by atoms with Crippen molar-refractivity contribution in [3.05, 3.63) is 243 Å². The fourth-order valence-electron chi connectivity index (χ4n) is 6.70. The van der Waals surface area contributed by atoms with Gasteiger partial charge in [-0.3, -0.25) is 9.97 Å². The summed E-state index contributed by atoms with van der Waals surface area (Å²) in [7, 11) is -1.75. The van der Waals surface area contributed by atoms with E-state index in [2.05, 4.69) is 258 Å². The number of rotatable bonds is 7. The Hall–Kier alpha value is -5.90. The maximum absolute atomic E-state index is 6.25. The Kier molecular flexibility index (Phi) is 21.7. The van der Waals surface area contributed by atoms with Crippen molar-refractivity contribution < 1.29 is 19.8 Å². The Balaban J connectivity index is 0.000000240. The number of aromatic nitrogens is 2. The maximum atomic E-state index is 6.25. The van der Waals surface area contributed by atoms with E-state index >= 15 is 0 Å². The summed E-state index contributed by atoms with van der Waals surface area (Å²) in [5, 5.41) is 21.1. The fourth-order valence-corrected chi connectivity index (χ4v) is 11.9. The SMILES string of the molecule is CC(C)(C)c1ccnc(-c2cc(C(C)(C)C)ccn2)c1.[C-]#N.[C-]#N.[Os+2].c1ccc([PH+](c2ccccc2)c2ccccc2)cc1.c1ccc([PH+](c2ccccc2)c2ccccc2)cc1. The molecule has 2 aromatic heterocycles. The molecule has 8 aromatic rings. The van der Waals surface area contributed by atoms with E-state index < -0.39 is 15.8 Å². The first-order valence-electron chi connectivity index (χ1n) is 20.5. The summed E-state index contributed by atoms with van der Waals surface area (Å²) in [6.45, 7) is 22.8. The molecule has 0 bridgehead atoms. The van der Waals surface area contributed by atoms with Crippen LogP contribution in [0.1, 0.15) is 52.7 Å². The average molecular weight is 1040 g/mol. The van der Waals surface area contributed by atoms with E-state index in [0.29, 0.717) is 0 Å². The minimum atomic E-state index is -0.877. The molecule has 0 atom stereocenters. The monoisotopic (exact) mass is 1040 g/mol. The first-order chi connectivity index (χ1) is 30.1. The van der Waals surface area contributed by atoms with E-state index in [4.69, 9.17) is 23.7 Å². The quantitative estimate of drug-likeness (QED) is 0.118. The molecule has 6 aromatic carbocycles. The van der Waals surface area contributed by atoms with Crippen molar-refractivity contribution >= 4 is 47.7 Å². The largest absolute Gasteiger partial charge is 2.00 e. The van der Waals surface area contributed by atoms with Crippen molar-refractivity contribution in [2.24, 2.45) is 0 Å². The summed E-state index contributed by atoms with van der Waals surface area (Å²) in [5.74, 6) is 0. The van der Waals surface area contributed by atoms with E-state index in [9.17, 15) is 0 Å². The van der Waals surface area contributed by atoms with Crippen LogP contribution in [0.25, 0.3) is 11.4 Å². The van der Waals surface area contributed by atoms with Crippen molar-refractivity contribution in [2.75, 3.05) is 0 Å². The van der Waals surface area contributed by atoms with Crippen molar-refractivity contribution in [1.29, 1.82) is 10.5 Å². The van der Waals surface area contributed by atoms with Gasteiger partial charge in [0, 0.05) is 12.4 Å². The molecule has 4 nitrogen and oxygen atoms in total. The second-order valence-corrected chi connectivity index (χ2v) is 21.3. The molecule has 0 N–H and O–H groups in total. The number of hydrogen-bond donors (Lipinski definition) is 0. The zero-order valence-corrected chi connectivity index (χ0v) is 41.5. The van der Waals surface area contributed by atoms with Gasteiger partial charge in [0.25, 0.3) is 0 Å². The van der Waals surface area contributed by atoms with Crippen LogP contribution in [-0.4, -0.2) is 9.97 Å². The molecule has 316 valence electrons. The minimum Gasteiger partial charge on any atom is -0.512 e. The molecule has 8 rings (SSSR count). The molecule has 0 saturated carbocycles. The Morgan fingerprint density at radius 3 is 0.698 bits per heavy atom. The van der Waals surface area contributed by atoms with Gasteiger partial charge in [-0.2, -0.15) is 0 Å². The van der Waals surface area contributed by atoms with Gasteiger partial charge in [-0.1, -0.05) is 151 Å². The van der Waals surface area contributed by atoms with Gasteiger partial charge in [-0.05, 0) is 119 Å². The van der Waals surface area contributed by atoms with Gasteiger partial charge in [0.1, 0.15) is 31.8 Å². The van der Waals surface area contributed by atoms with Gasteiger partial charge in [0.2, 0.25) is 0 Å². The predicted molar refractivity (Wildman–Crippen MR) is 268 cm³/mol. The van der Waals surface area contributed by atoms with Crippen LogP contribution in [0.2, 0.25) is 0 Å². The molecule has 0 radical (unpaired) electrons. The molecule has 0 saturated heterocycles. The molecule has 0 spiro atoms. The first-order valence-corrected chi connectivity index (χ1v) is 23.5. The molecule has 0 fully saturated rings. The van der Waals surface area contributed by atoms with Crippen LogP contribution in [0.15, 0.2) is 219 Å². The number of pyridine rings is 2. The standard InChI is InChI=1S/C18H24N2.2C18H15P.2CN.Os/c1-17(2,3)13-7-9-19-15(11-13)16-12-14(8-10-20-16)18(4,5)6;2*1-4-10-16(11-5-1)19(17-12-6-2-7-13-17)18-14-8-3-9-15-18;2*1-2;/h7-12H,1-6H3;2*1-15H;;;/q;;;2*-1;+2/p+2. The third kappa shape index (κ3) is 15.7. The zero-order valence-electron chi connectivity index (χ0n) is 36.9. The summed E-state index contributed by atoms with van der Waals surface area (Å²) >= 11 is 0. The number of benzene rings is 6. The van der Waals surface area contributed by atoms with Crippen LogP contribution >= 0.6 is 15.8 Å². The van der Waals surface area contributed by atoms with Gasteiger partial charge in [-0.15, -0.1) is 0 Å². The smallest absolute Gasteiger partial charge is 0.512 e. The Morgan fingerprint density at radius 1 is 0.333 bits per heavy atom. The van der Waals surface area contributed by atoms with Crippen molar-refractivity contribution in [2.45, 2.75) is 52.4 Å². The minimum absolute atomic E-state index is 0. The summed E-state index contributed by atoms with van der Waals surface area (Å²) in [6.07, 6.45) is 3.75. The van der Waals surface area contributed by atoms with Crippen LogP contribution in [0.4, 0.5) is 0 Å². The Bertz CT molecular complexity index is 2140. The third-order valence-electron chi connectivity index (χ3n) is 9.89. The van der Waals surface area contributed by atoms with Crippen LogP contribution in [-0.2, 0) is 30.6 Å². The van der Waals surface area contributed by atoms with E-state index in [1.807, 2.05) is 12.4 Å². The topological polar surface area (TPSA) is 73.4 Å². The van der Waals surface area contributed by atoms with Gasteiger partial charge < -0.3 is 23.7 Å².